The minimum absolute atomic E-state index is 0.000386. The number of carboxylic acid groups (broad SMARTS) is 1. The number of ether oxygens (including phenoxy) is 1. The van der Waals surface area contributed by atoms with Gasteiger partial charge in [0.1, 0.15) is 5.56 Å². The first kappa shape index (κ1) is 13.6. The lowest BCUT2D eigenvalue weighted by molar-refractivity contribution is -0.384. The van der Waals surface area contributed by atoms with Crippen molar-refractivity contribution in [3.05, 3.63) is 32.8 Å². The van der Waals surface area contributed by atoms with E-state index in [4.69, 9.17) is 21.4 Å². The van der Waals surface area contributed by atoms with Crippen LogP contribution in [0, 0.1) is 16.0 Å². The van der Waals surface area contributed by atoms with Crippen LogP contribution in [0.1, 0.15) is 29.6 Å². The molecule has 0 aliphatic heterocycles. The summed E-state index contributed by atoms with van der Waals surface area (Å²) in [5.74, 6) is -0.655. The number of nitro benzene ring substituents is 1. The third-order valence-corrected chi connectivity index (χ3v) is 3.22. The number of aromatic carboxylic acids is 1. The molecule has 0 heterocycles. The van der Waals surface area contributed by atoms with Crippen LogP contribution in [0.3, 0.4) is 0 Å². The van der Waals surface area contributed by atoms with E-state index in [1.54, 1.807) is 0 Å². The second-order valence-corrected chi connectivity index (χ2v) is 4.85. The monoisotopic (exact) mass is 285 g/mol. The van der Waals surface area contributed by atoms with E-state index >= 15 is 0 Å². The molecule has 1 saturated carbocycles. The summed E-state index contributed by atoms with van der Waals surface area (Å²) in [5.41, 5.74) is -0.646. The highest BCUT2D eigenvalue weighted by molar-refractivity contribution is 6.32. The third kappa shape index (κ3) is 3.35. The van der Waals surface area contributed by atoms with Crippen molar-refractivity contribution in [3.63, 3.8) is 0 Å². The van der Waals surface area contributed by atoms with Crippen LogP contribution in [0.2, 0.25) is 5.02 Å². The molecular formula is C12H12ClNO5. The molecule has 1 aromatic carbocycles. The van der Waals surface area contributed by atoms with Gasteiger partial charge in [0.05, 0.1) is 16.6 Å². The molecular weight excluding hydrogens is 274 g/mol. The van der Waals surface area contributed by atoms with Crippen molar-refractivity contribution in [3.8, 4) is 5.75 Å². The molecule has 1 aliphatic rings. The van der Waals surface area contributed by atoms with E-state index in [9.17, 15) is 14.9 Å². The highest BCUT2D eigenvalue weighted by Crippen LogP contribution is 2.35. The van der Waals surface area contributed by atoms with Gasteiger partial charge in [-0.3, -0.25) is 10.1 Å². The van der Waals surface area contributed by atoms with Gasteiger partial charge in [-0.2, -0.15) is 0 Å². The topological polar surface area (TPSA) is 89.7 Å². The SMILES string of the molecule is O=C(O)c1cc([N+](=O)[O-])cc(Cl)c1OCCC1CC1. The highest BCUT2D eigenvalue weighted by Gasteiger charge is 2.24. The summed E-state index contributed by atoms with van der Waals surface area (Å²) in [5, 5.41) is 19.7. The zero-order valence-corrected chi connectivity index (χ0v) is 10.7. The molecule has 2 rings (SSSR count). The molecule has 0 amide bonds. The van der Waals surface area contributed by atoms with Gasteiger partial charge in [-0.05, 0) is 12.3 Å². The van der Waals surface area contributed by atoms with E-state index in [2.05, 4.69) is 0 Å². The molecule has 0 radical (unpaired) electrons. The molecule has 1 aromatic rings. The Balaban J connectivity index is 2.23. The van der Waals surface area contributed by atoms with Crippen LogP contribution in [0.15, 0.2) is 12.1 Å². The molecule has 0 aromatic heterocycles. The van der Waals surface area contributed by atoms with Crippen LogP contribution < -0.4 is 4.74 Å². The van der Waals surface area contributed by atoms with Gasteiger partial charge in [-0.15, -0.1) is 0 Å². The lowest BCUT2D eigenvalue weighted by Crippen LogP contribution is -2.06. The Labute approximate surface area is 114 Å². The number of halogens is 1. The van der Waals surface area contributed by atoms with E-state index in [1.165, 1.54) is 12.8 Å². The summed E-state index contributed by atoms with van der Waals surface area (Å²) < 4.78 is 5.38. The Kier molecular flexibility index (Phi) is 3.90. The molecule has 1 fully saturated rings. The molecule has 0 spiro atoms. The van der Waals surface area contributed by atoms with Crippen LogP contribution in [-0.2, 0) is 0 Å². The normalized spacial score (nSPS) is 14.2. The van der Waals surface area contributed by atoms with E-state index in [0.717, 1.165) is 18.6 Å². The average molecular weight is 286 g/mol. The van der Waals surface area contributed by atoms with Gasteiger partial charge in [-0.1, -0.05) is 24.4 Å². The van der Waals surface area contributed by atoms with Gasteiger partial charge < -0.3 is 9.84 Å². The van der Waals surface area contributed by atoms with E-state index < -0.39 is 10.9 Å². The Morgan fingerprint density at radius 1 is 1.53 bits per heavy atom. The predicted octanol–water partition coefficient (Wildman–Crippen LogP) is 3.13. The van der Waals surface area contributed by atoms with Crippen LogP contribution in [0.25, 0.3) is 0 Å². The third-order valence-electron chi connectivity index (χ3n) is 2.94. The number of nitrogens with zero attached hydrogens (tertiary/aromatic N) is 1. The fourth-order valence-corrected chi connectivity index (χ4v) is 1.99. The molecule has 102 valence electrons. The summed E-state index contributed by atoms with van der Waals surface area (Å²) in [6.07, 6.45) is 3.18. The molecule has 6 nitrogen and oxygen atoms in total. The molecule has 0 bridgehead atoms. The van der Waals surface area contributed by atoms with Crippen LogP contribution in [-0.4, -0.2) is 22.6 Å². The Bertz CT molecular complexity index is 527. The molecule has 7 heteroatoms. The largest absolute Gasteiger partial charge is 0.491 e. The van der Waals surface area contributed by atoms with Crippen molar-refractivity contribution >= 4 is 23.3 Å². The maximum absolute atomic E-state index is 11.1. The van der Waals surface area contributed by atoms with Crippen molar-refractivity contribution < 1.29 is 19.6 Å². The lowest BCUT2D eigenvalue weighted by atomic mass is 10.1. The summed E-state index contributed by atoms with van der Waals surface area (Å²) in [6, 6.07) is 2.06. The number of carbonyl (C=O) groups is 1. The van der Waals surface area contributed by atoms with Gasteiger partial charge in [-0.25, -0.2) is 4.79 Å². The minimum atomic E-state index is -1.30. The first-order chi connectivity index (χ1) is 8.99. The molecule has 1 N–H and O–H groups in total. The molecule has 0 saturated heterocycles. The molecule has 0 unspecified atom stereocenters. The van der Waals surface area contributed by atoms with Crippen molar-refractivity contribution in [2.75, 3.05) is 6.61 Å². The Hall–Kier alpha value is -1.82. The van der Waals surface area contributed by atoms with E-state index in [1.807, 2.05) is 0 Å². The fourth-order valence-electron chi connectivity index (χ4n) is 1.72. The second kappa shape index (κ2) is 5.44. The van der Waals surface area contributed by atoms with E-state index in [-0.39, 0.29) is 22.0 Å². The van der Waals surface area contributed by atoms with Crippen LogP contribution in [0.5, 0.6) is 5.75 Å². The maximum Gasteiger partial charge on any atom is 0.339 e. The van der Waals surface area contributed by atoms with Gasteiger partial charge in [0.2, 0.25) is 0 Å². The maximum atomic E-state index is 11.1. The first-order valence-electron chi connectivity index (χ1n) is 5.83. The molecule has 19 heavy (non-hydrogen) atoms. The van der Waals surface area contributed by atoms with Crippen molar-refractivity contribution in [1.82, 2.24) is 0 Å². The van der Waals surface area contributed by atoms with Crippen LogP contribution in [0.4, 0.5) is 5.69 Å². The lowest BCUT2D eigenvalue weighted by Gasteiger charge is -2.10. The summed E-state index contributed by atoms with van der Waals surface area (Å²) in [4.78, 5) is 21.1. The van der Waals surface area contributed by atoms with Crippen molar-refractivity contribution in [2.45, 2.75) is 19.3 Å². The van der Waals surface area contributed by atoms with Crippen LogP contribution >= 0.6 is 11.6 Å². The number of rotatable bonds is 6. The minimum Gasteiger partial charge on any atom is -0.491 e. The Morgan fingerprint density at radius 2 is 2.21 bits per heavy atom. The summed E-state index contributed by atoms with van der Waals surface area (Å²) in [7, 11) is 0. The number of benzene rings is 1. The smallest absolute Gasteiger partial charge is 0.339 e. The Morgan fingerprint density at radius 3 is 2.74 bits per heavy atom. The van der Waals surface area contributed by atoms with Crippen molar-refractivity contribution in [1.29, 1.82) is 0 Å². The van der Waals surface area contributed by atoms with Gasteiger partial charge in [0.25, 0.3) is 5.69 Å². The molecule has 1 aliphatic carbocycles. The van der Waals surface area contributed by atoms with Gasteiger partial charge in [0, 0.05) is 12.1 Å². The van der Waals surface area contributed by atoms with E-state index in [0.29, 0.717) is 12.5 Å². The summed E-state index contributed by atoms with van der Waals surface area (Å²) in [6.45, 7) is 0.364. The zero-order chi connectivity index (χ0) is 14.0. The number of hydrogen-bond donors (Lipinski definition) is 1. The standard InChI is InChI=1S/C12H12ClNO5/c13-10-6-8(14(17)18)5-9(12(15)16)11(10)19-4-3-7-1-2-7/h5-7H,1-4H2,(H,15,16). The number of non-ortho nitro benzene ring substituents is 1. The second-order valence-electron chi connectivity index (χ2n) is 4.45. The zero-order valence-electron chi connectivity index (χ0n) is 9.97. The molecule has 0 atom stereocenters. The average Bonchev–Trinajstić information content (AvgIpc) is 3.14. The fraction of sp³-hybridized carbons (Fsp3) is 0.417. The highest BCUT2D eigenvalue weighted by atomic mass is 35.5. The van der Waals surface area contributed by atoms with Gasteiger partial charge >= 0.3 is 5.97 Å². The number of hydrogen-bond acceptors (Lipinski definition) is 4. The quantitative estimate of drug-likeness (QED) is 0.640. The number of nitro groups is 1. The number of carboxylic acids is 1. The first-order valence-corrected chi connectivity index (χ1v) is 6.21. The summed E-state index contributed by atoms with van der Waals surface area (Å²) >= 11 is 5.86. The van der Waals surface area contributed by atoms with Crippen molar-refractivity contribution in [2.24, 2.45) is 5.92 Å². The van der Waals surface area contributed by atoms with Gasteiger partial charge in [0.15, 0.2) is 5.75 Å². The predicted molar refractivity (Wildman–Crippen MR) is 67.9 cm³/mol.